The summed E-state index contributed by atoms with van der Waals surface area (Å²) >= 11 is 0. The molecule has 3 nitrogen and oxygen atoms in total. The summed E-state index contributed by atoms with van der Waals surface area (Å²) in [5.41, 5.74) is -0.0639. The predicted octanol–water partition coefficient (Wildman–Crippen LogP) is 3.93. The quantitative estimate of drug-likeness (QED) is 0.765. The lowest BCUT2D eigenvalue weighted by Crippen LogP contribution is -2.48. The highest BCUT2D eigenvalue weighted by atomic mass is 19.4. The molecule has 0 N–H and O–H groups in total. The Morgan fingerprint density at radius 1 is 1.13 bits per heavy atom. The van der Waals surface area contributed by atoms with E-state index in [4.69, 9.17) is 0 Å². The van der Waals surface area contributed by atoms with E-state index in [-0.39, 0.29) is 5.91 Å². The highest BCUT2D eigenvalue weighted by Gasteiger charge is 2.31. The van der Waals surface area contributed by atoms with Gasteiger partial charge in [-0.15, -0.1) is 0 Å². The zero-order chi connectivity index (χ0) is 16.9. The summed E-state index contributed by atoms with van der Waals surface area (Å²) in [6.45, 7) is 4.38. The number of amides is 1. The molecule has 0 aromatic heterocycles. The van der Waals surface area contributed by atoms with Crippen molar-refractivity contribution in [3.63, 3.8) is 0 Å². The first kappa shape index (κ1) is 17.6. The summed E-state index contributed by atoms with van der Waals surface area (Å²) in [6.07, 6.45) is -0.722. The molecule has 1 aliphatic heterocycles. The monoisotopic (exact) mass is 328 g/mol. The molecule has 6 heteroatoms. The molecule has 1 amide bonds. The normalized spacial score (nSPS) is 15.8. The van der Waals surface area contributed by atoms with Gasteiger partial charge in [-0.2, -0.15) is 13.2 Å². The lowest BCUT2D eigenvalue weighted by Gasteiger charge is -2.36. The second kappa shape index (κ2) is 7.70. The number of hydrogen-bond donors (Lipinski definition) is 0. The second-order valence-electron chi connectivity index (χ2n) is 5.87. The molecule has 0 atom stereocenters. The summed E-state index contributed by atoms with van der Waals surface area (Å²) in [4.78, 5) is 15.8. The van der Waals surface area contributed by atoms with Crippen LogP contribution in [-0.2, 0) is 11.0 Å². The van der Waals surface area contributed by atoms with Crippen molar-refractivity contribution < 1.29 is 18.0 Å². The van der Waals surface area contributed by atoms with E-state index >= 15 is 0 Å². The first-order chi connectivity index (χ1) is 10.9. The van der Waals surface area contributed by atoms with Gasteiger partial charge in [-0.05, 0) is 24.6 Å². The van der Waals surface area contributed by atoms with Gasteiger partial charge in [0.1, 0.15) is 0 Å². The van der Waals surface area contributed by atoms with Gasteiger partial charge in [0.15, 0.2) is 0 Å². The molecular weight excluding hydrogens is 305 g/mol. The summed E-state index contributed by atoms with van der Waals surface area (Å²) in [6, 6.07) is 5.38. The molecule has 1 saturated heterocycles. The molecule has 0 bridgehead atoms. The van der Waals surface area contributed by atoms with Gasteiger partial charge in [0.2, 0.25) is 5.91 Å². The third-order valence-corrected chi connectivity index (χ3v) is 4.17. The van der Waals surface area contributed by atoms with E-state index in [2.05, 4.69) is 6.92 Å². The van der Waals surface area contributed by atoms with Crippen LogP contribution in [0, 0.1) is 0 Å². The number of unbranched alkanes of at least 4 members (excludes halogenated alkanes) is 2. The van der Waals surface area contributed by atoms with Crippen LogP contribution in [0.2, 0.25) is 0 Å². The van der Waals surface area contributed by atoms with E-state index < -0.39 is 11.7 Å². The van der Waals surface area contributed by atoms with E-state index in [0.29, 0.717) is 38.3 Å². The molecular formula is C17H23F3N2O. The summed E-state index contributed by atoms with van der Waals surface area (Å²) in [5, 5.41) is 0. The Kier molecular flexibility index (Phi) is 5.91. The van der Waals surface area contributed by atoms with Crippen LogP contribution in [0.3, 0.4) is 0 Å². The van der Waals surface area contributed by atoms with Crippen molar-refractivity contribution in [2.24, 2.45) is 0 Å². The SMILES string of the molecule is CCCCCC(=O)N1CCN(c2cccc(C(F)(F)F)c2)CC1. The van der Waals surface area contributed by atoms with Crippen LogP contribution in [0.25, 0.3) is 0 Å². The number of benzene rings is 1. The molecule has 1 fully saturated rings. The Balaban J connectivity index is 1.90. The number of halogens is 3. The minimum Gasteiger partial charge on any atom is -0.368 e. The van der Waals surface area contributed by atoms with Crippen molar-refractivity contribution in [3.8, 4) is 0 Å². The molecule has 1 aliphatic rings. The highest BCUT2D eigenvalue weighted by molar-refractivity contribution is 5.76. The van der Waals surface area contributed by atoms with Gasteiger partial charge >= 0.3 is 6.18 Å². The first-order valence-electron chi connectivity index (χ1n) is 8.12. The maximum Gasteiger partial charge on any atom is 0.416 e. The van der Waals surface area contributed by atoms with Gasteiger partial charge in [-0.25, -0.2) is 0 Å². The number of piperazine rings is 1. The summed E-state index contributed by atoms with van der Waals surface area (Å²) in [7, 11) is 0. The molecule has 1 aromatic rings. The molecule has 0 saturated carbocycles. The van der Waals surface area contributed by atoms with Gasteiger partial charge in [-0.3, -0.25) is 4.79 Å². The Labute approximate surface area is 135 Å². The Morgan fingerprint density at radius 3 is 2.43 bits per heavy atom. The lowest BCUT2D eigenvalue weighted by atomic mass is 10.1. The number of carbonyl (C=O) groups is 1. The van der Waals surface area contributed by atoms with Crippen molar-refractivity contribution in [3.05, 3.63) is 29.8 Å². The largest absolute Gasteiger partial charge is 0.416 e. The molecule has 0 aliphatic carbocycles. The van der Waals surface area contributed by atoms with Crippen molar-refractivity contribution in [1.82, 2.24) is 4.90 Å². The number of nitrogens with zero attached hydrogens (tertiary/aromatic N) is 2. The first-order valence-corrected chi connectivity index (χ1v) is 8.12. The third kappa shape index (κ3) is 4.88. The van der Waals surface area contributed by atoms with Crippen molar-refractivity contribution >= 4 is 11.6 Å². The molecule has 0 spiro atoms. The van der Waals surface area contributed by atoms with Gasteiger partial charge in [0.05, 0.1) is 5.56 Å². The van der Waals surface area contributed by atoms with Crippen LogP contribution >= 0.6 is 0 Å². The average Bonchev–Trinajstić information content (AvgIpc) is 2.54. The zero-order valence-electron chi connectivity index (χ0n) is 13.4. The molecule has 1 heterocycles. The fourth-order valence-corrected chi connectivity index (χ4v) is 2.78. The van der Waals surface area contributed by atoms with Crippen LogP contribution < -0.4 is 4.90 Å². The highest BCUT2D eigenvalue weighted by Crippen LogP contribution is 2.31. The van der Waals surface area contributed by atoms with Gasteiger partial charge in [-0.1, -0.05) is 25.8 Å². The minimum absolute atomic E-state index is 0.155. The fraction of sp³-hybridized carbons (Fsp3) is 0.588. The zero-order valence-corrected chi connectivity index (χ0v) is 13.4. The molecule has 0 unspecified atom stereocenters. The molecule has 1 aromatic carbocycles. The van der Waals surface area contributed by atoms with E-state index in [9.17, 15) is 18.0 Å². The maximum atomic E-state index is 12.8. The number of hydrogen-bond acceptors (Lipinski definition) is 2. The summed E-state index contributed by atoms with van der Waals surface area (Å²) in [5.74, 6) is 0.155. The lowest BCUT2D eigenvalue weighted by molar-refractivity contribution is -0.137. The maximum absolute atomic E-state index is 12.8. The molecule has 0 radical (unpaired) electrons. The molecule has 2 rings (SSSR count). The van der Waals surface area contributed by atoms with Crippen LogP contribution in [0.5, 0.6) is 0 Å². The second-order valence-corrected chi connectivity index (χ2v) is 5.87. The van der Waals surface area contributed by atoms with Crippen LogP contribution in [0.4, 0.5) is 18.9 Å². The van der Waals surface area contributed by atoms with E-state index in [1.54, 1.807) is 6.07 Å². The van der Waals surface area contributed by atoms with E-state index in [1.165, 1.54) is 12.1 Å². The van der Waals surface area contributed by atoms with Gasteiger partial charge in [0, 0.05) is 38.3 Å². The number of anilines is 1. The van der Waals surface area contributed by atoms with Crippen LogP contribution in [0.1, 0.15) is 38.2 Å². The molecule has 23 heavy (non-hydrogen) atoms. The topological polar surface area (TPSA) is 23.6 Å². The van der Waals surface area contributed by atoms with Crippen LogP contribution in [0.15, 0.2) is 24.3 Å². The summed E-state index contributed by atoms with van der Waals surface area (Å²) < 4.78 is 38.3. The third-order valence-electron chi connectivity index (χ3n) is 4.17. The van der Waals surface area contributed by atoms with Crippen molar-refractivity contribution in [1.29, 1.82) is 0 Å². The van der Waals surface area contributed by atoms with Gasteiger partial charge < -0.3 is 9.80 Å². The Bertz CT molecular complexity index is 523. The van der Waals surface area contributed by atoms with E-state index in [1.807, 2.05) is 9.80 Å². The van der Waals surface area contributed by atoms with Crippen molar-refractivity contribution in [2.75, 3.05) is 31.1 Å². The van der Waals surface area contributed by atoms with E-state index in [0.717, 1.165) is 25.3 Å². The number of rotatable bonds is 5. The standard InChI is InChI=1S/C17H23F3N2O/c1-2-3-4-8-16(23)22-11-9-21(10-12-22)15-7-5-6-14(13-15)17(18,19)20/h5-7,13H,2-4,8-12H2,1H3. The predicted molar refractivity (Wildman–Crippen MR) is 84.4 cm³/mol. The Morgan fingerprint density at radius 2 is 1.83 bits per heavy atom. The number of carbonyl (C=O) groups excluding carboxylic acids is 1. The Hall–Kier alpha value is -1.72. The molecule has 128 valence electrons. The minimum atomic E-state index is -4.33. The average molecular weight is 328 g/mol. The fourth-order valence-electron chi connectivity index (χ4n) is 2.78. The van der Waals surface area contributed by atoms with Gasteiger partial charge in [0.25, 0.3) is 0 Å². The van der Waals surface area contributed by atoms with Crippen LogP contribution in [-0.4, -0.2) is 37.0 Å². The van der Waals surface area contributed by atoms with Crippen molar-refractivity contribution in [2.45, 2.75) is 38.8 Å². The smallest absolute Gasteiger partial charge is 0.368 e. The number of alkyl halides is 3.